The highest BCUT2D eigenvalue weighted by molar-refractivity contribution is 9.10. The first-order valence-corrected chi connectivity index (χ1v) is 9.01. The molecule has 0 aliphatic heterocycles. The van der Waals surface area contributed by atoms with Crippen LogP contribution < -0.4 is 0 Å². The highest BCUT2D eigenvalue weighted by atomic mass is 79.9. The molecule has 0 aliphatic carbocycles. The zero-order valence-electron chi connectivity index (χ0n) is 14.1. The number of carboxylic acid groups (broad SMARTS) is 1. The lowest BCUT2D eigenvalue weighted by Crippen LogP contribution is -1.98. The third kappa shape index (κ3) is 3.39. The van der Waals surface area contributed by atoms with E-state index in [4.69, 9.17) is 5.10 Å². The fourth-order valence-corrected chi connectivity index (χ4v) is 3.29. The summed E-state index contributed by atoms with van der Waals surface area (Å²) in [6.07, 6.45) is 5.34. The Morgan fingerprint density at radius 1 is 0.963 bits per heavy atom. The Kier molecular flexibility index (Phi) is 4.56. The SMILES string of the molecule is O=C(O)c1cc(-c2cn(-c3ccccc3)nc2-c2ccncc2)ccc1Br. The lowest BCUT2D eigenvalue weighted by atomic mass is 10.0. The molecule has 6 heteroatoms. The molecule has 5 nitrogen and oxygen atoms in total. The van der Waals surface area contributed by atoms with Crippen molar-refractivity contribution in [3.63, 3.8) is 0 Å². The van der Waals surface area contributed by atoms with Crippen LogP contribution in [0, 0.1) is 0 Å². The molecular weight excluding hydrogens is 406 g/mol. The summed E-state index contributed by atoms with van der Waals surface area (Å²) >= 11 is 3.30. The van der Waals surface area contributed by atoms with Crippen LogP contribution in [0.3, 0.4) is 0 Å². The molecule has 0 bridgehead atoms. The van der Waals surface area contributed by atoms with Crippen LogP contribution in [0.25, 0.3) is 28.1 Å². The summed E-state index contributed by atoms with van der Waals surface area (Å²) in [4.78, 5) is 15.6. The largest absolute Gasteiger partial charge is 0.478 e. The average molecular weight is 420 g/mol. The van der Waals surface area contributed by atoms with Crippen molar-refractivity contribution in [2.45, 2.75) is 0 Å². The van der Waals surface area contributed by atoms with E-state index in [0.29, 0.717) is 4.47 Å². The van der Waals surface area contributed by atoms with E-state index in [0.717, 1.165) is 28.1 Å². The van der Waals surface area contributed by atoms with Crippen LogP contribution in [0.15, 0.2) is 83.7 Å². The zero-order chi connectivity index (χ0) is 18.8. The number of pyridine rings is 1. The third-order valence-electron chi connectivity index (χ3n) is 4.20. The molecule has 4 aromatic rings. The molecule has 0 unspecified atom stereocenters. The molecule has 4 rings (SSSR count). The molecule has 0 saturated carbocycles. The zero-order valence-corrected chi connectivity index (χ0v) is 15.7. The number of hydrogen-bond acceptors (Lipinski definition) is 3. The van der Waals surface area contributed by atoms with Crippen LogP contribution in [0.2, 0.25) is 0 Å². The van der Waals surface area contributed by atoms with Gasteiger partial charge >= 0.3 is 5.97 Å². The number of nitrogens with zero attached hydrogens (tertiary/aromatic N) is 3. The summed E-state index contributed by atoms with van der Waals surface area (Å²) in [5, 5.41) is 14.2. The molecule has 2 heterocycles. The fourth-order valence-electron chi connectivity index (χ4n) is 2.88. The number of carboxylic acids is 1. The highest BCUT2D eigenvalue weighted by Gasteiger charge is 2.17. The van der Waals surface area contributed by atoms with Crippen molar-refractivity contribution >= 4 is 21.9 Å². The Hall–Kier alpha value is -3.25. The summed E-state index contributed by atoms with van der Waals surface area (Å²) in [5.41, 5.74) is 4.44. The minimum atomic E-state index is -0.982. The second kappa shape index (κ2) is 7.17. The van der Waals surface area contributed by atoms with Crippen LogP contribution in [0.4, 0.5) is 0 Å². The minimum Gasteiger partial charge on any atom is -0.478 e. The predicted molar refractivity (Wildman–Crippen MR) is 107 cm³/mol. The highest BCUT2D eigenvalue weighted by Crippen LogP contribution is 2.33. The molecular formula is C21H14BrN3O2. The topological polar surface area (TPSA) is 68.0 Å². The molecule has 0 atom stereocenters. The van der Waals surface area contributed by atoms with Gasteiger partial charge in [-0.05, 0) is 57.9 Å². The van der Waals surface area contributed by atoms with E-state index in [9.17, 15) is 9.90 Å². The van der Waals surface area contributed by atoms with Crippen LogP contribution >= 0.6 is 15.9 Å². The van der Waals surface area contributed by atoms with Crippen LogP contribution in [-0.2, 0) is 0 Å². The van der Waals surface area contributed by atoms with E-state index in [1.54, 1.807) is 29.2 Å². The van der Waals surface area contributed by atoms with E-state index < -0.39 is 5.97 Å². The Morgan fingerprint density at radius 3 is 2.41 bits per heavy atom. The van der Waals surface area contributed by atoms with Gasteiger partial charge in [0.15, 0.2) is 0 Å². The molecule has 1 N–H and O–H groups in total. The number of carbonyl (C=O) groups is 1. The molecule has 0 radical (unpaired) electrons. The molecule has 132 valence electrons. The molecule has 0 saturated heterocycles. The monoisotopic (exact) mass is 419 g/mol. The van der Waals surface area contributed by atoms with Crippen LogP contribution in [0.5, 0.6) is 0 Å². The van der Waals surface area contributed by atoms with Gasteiger partial charge in [0.1, 0.15) is 5.69 Å². The number of rotatable bonds is 4. The van der Waals surface area contributed by atoms with Crippen molar-refractivity contribution in [2.75, 3.05) is 0 Å². The Labute approximate surface area is 164 Å². The molecule has 2 aromatic carbocycles. The maximum absolute atomic E-state index is 11.5. The van der Waals surface area contributed by atoms with Crippen molar-refractivity contribution in [1.82, 2.24) is 14.8 Å². The maximum Gasteiger partial charge on any atom is 0.336 e. The molecule has 0 spiro atoms. The number of hydrogen-bond donors (Lipinski definition) is 1. The Balaban J connectivity index is 1.93. The van der Waals surface area contributed by atoms with Gasteiger partial charge in [-0.15, -0.1) is 0 Å². The summed E-state index contributed by atoms with van der Waals surface area (Å²) < 4.78 is 2.34. The fraction of sp³-hybridized carbons (Fsp3) is 0. The van der Waals surface area contributed by atoms with Crippen LogP contribution in [0.1, 0.15) is 10.4 Å². The van der Waals surface area contributed by atoms with Gasteiger partial charge in [0, 0.05) is 34.2 Å². The van der Waals surface area contributed by atoms with Gasteiger partial charge in [0.25, 0.3) is 0 Å². The first kappa shape index (κ1) is 17.2. The second-order valence-electron chi connectivity index (χ2n) is 5.91. The smallest absolute Gasteiger partial charge is 0.336 e. The average Bonchev–Trinajstić information content (AvgIpc) is 3.15. The lowest BCUT2D eigenvalue weighted by molar-refractivity contribution is 0.0696. The third-order valence-corrected chi connectivity index (χ3v) is 4.89. The summed E-state index contributed by atoms with van der Waals surface area (Å²) in [6.45, 7) is 0. The van der Waals surface area contributed by atoms with Crippen molar-refractivity contribution < 1.29 is 9.90 Å². The van der Waals surface area contributed by atoms with E-state index >= 15 is 0 Å². The first-order valence-electron chi connectivity index (χ1n) is 8.22. The van der Waals surface area contributed by atoms with Gasteiger partial charge in [0.2, 0.25) is 0 Å². The number of halogens is 1. The first-order chi connectivity index (χ1) is 13.1. The molecule has 0 aliphatic rings. The molecule has 27 heavy (non-hydrogen) atoms. The van der Waals surface area contributed by atoms with Crippen molar-refractivity contribution in [2.24, 2.45) is 0 Å². The predicted octanol–water partition coefficient (Wildman–Crippen LogP) is 5.06. The number of aromatic carboxylic acids is 1. The van der Waals surface area contributed by atoms with Gasteiger partial charge in [-0.25, -0.2) is 9.48 Å². The minimum absolute atomic E-state index is 0.209. The van der Waals surface area contributed by atoms with Gasteiger partial charge < -0.3 is 5.11 Å². The van der Waals surface area contributed by atoms with E-state index in [1.165, 1.54) is 0 Å². The van der Waals surface area contributed by atoms with E-state index in [-0.39, 0.29) is 5.56 Å². The maximum atomic E-state index is 11.5. The van der Waals surface area contributed by atoms with Crippen molar-refractivity contribution in [3.8, 4) is 28.1 Å². The van der Waals surface area contributed by atoms with Crippen molar-refractivity contribution in [1.29, 1.82) is 0 Å². The standard InChI is InChI=1S/C21H14BrN3O2/c22-19-7-6-15(12-17(19)21(26)27)18-13-25(16-4-2-1-3-5-16)24-20(18)14-8-10-23-11-9-14/h1-13H,(H,26,27). The van der Waals surface area contributed by atoms with Crippen molar-refractivity contribution in [3.05, 3.63) is 89.3 Å². The van der Waals surface area contributed by atoms with E-state index in [2.05, 4.69) is 20.9 Å². The van der Waals surface area contributed by atoms with E-state index in [1.807, 2.05) is 54.7 Å². The van der Waals surface area contributed by atoms with Gasteiger partial charge in [-0.3, -0.25) is 4.98 Å². The molecule has 0 fully saturated rings. The summed E-state index contributed by atoms with van der Waals surface area (Å²) in [5.74, 6) is -0.982. The second-order valence-corrected chi connectivity index (χ2v) is 6.76. The van der Waals surface area contributed by atoms with Gasteiger partial charge in [0.05, 0.1) is 11.3 Å². The lowest BCUT2D eigenvalue weighted by Gasteiger charge is -2.05. The Bertz CT molecular complexity index is 1110. The summed E-state index contributed by atoms with van der Waals surface area (Å²) in [6, 6.07) is 18.8. The number of aromatic nitrogens is 3. The summed E-state index contributed by atoms with van der Waals surface area (Å²) in [7, 11) is 0. The Morgan fingerprint density at radius 2 is 1.70 bits per heavy atom. The number of para-hydroxylation sites is 1. The quantitative estimate of drug-likeness (QED) is 0.501. The molecule has 2 aromatic heterocycles. The number of benzene rings is 2. The van der Waals surface area contributed by atoms with Crippen LogP contribution in [-0.4, -0.2) is 25.8 Å². The normalized spacial score (nSPS) is 10.7. The van der Waals surface area contributed by atoms with Gasteiger partial charge in [-0.2, -0.15) is 5.10 Å². The molecule has 0 amide bonds. The van der Waals surface area contributed by atoms with Gasteiger partial charge in [-0.1, -0.05) is 24.3 Å².